The first-order chi connectivity index (χ1) is 17.5. The Bertz CT molecular complexity index is 1730. The minimum atomic E-state index is -0.411. The average molecular weight is 513 g/mol. The summed E-state index contributed by atoms with van der Waals surface area (Å²) in [5, 5.41) is 0.649. The van der Waals surface area contributed by atoms with Gasteiger partial charge in [-0.25, -0.2) is 4.99 Å². The molecule has 3 aromatic carbocycles. The van der Waals surface area contributed by atoms with Crippen molar-refractivity contribution in [2.45, 2.75) is 25.8 Å². The molecule has 2 aliphatic rings. The summed E-state index contributed by atoms with van der Waals surface area (Å²) in [6.45, 7) is 1.36. The second kappa shape index (κ2) is 9.04. The van der Waals surface area contributed by atoms with Gasteiger partial charge in [0.15, 0.2) is 4.80 Å². The third-order valence-electron chi connectivity index (χ3n) is 6.52. The Kier molecular flexibility index (Phi) is 5.70. The lowest BCUT2D eigenvalue weighted by Gasteiger charge is -2.30. The van der Waals surface area contributed by atoms with Crippen molar-refractivity contribution in [1.82, 2.24) is 4.57 Å². The van der Waals surface area contributed by atoms with E-state index in [9.17, 15) is 9.59 Å². The lowest BCUT2D eigenvalue weighted by Crippen LogP contribution is -2.38. The smallest absolute Gasteiger partial charge is 0.308 e. The molecule has 1 aromatic heterocycles. The zero-order valence-corrected chi connectivity index (χ0v) is 21.0. The van der Waals surface area contributed by atoms with E-state index in [2.05, 4.69) is 18.2 Å². The van der Waals surface area contributed by atoms with E-state index in [1.54, 1.807) is 22.8 Å². The monoisotopic (exact) mass is 512 g/mol. The number of thiazole rings is 1. The fourth-order valence-corrected chi connectivity index (χ4v) is 6.07. The van der Waals surface area contributed by atoms with Crippen LogP contribution in [0.5, 0.6) is 5.75 Å². The van der Waals surface area contributed by atoms with Gasteiger partial charge in [-0.1, -0.05) is 77.5 Å². The highest BCUT2D eigenvalue weighted by molar-refractivity contribution is 7.07. The van der Waals surface area contributed by atoms with Crippen molar-refractivity contribution >= 4 is 40.7 Å². The second-order valence-electron chi connectivity index (χ2n) is 8.80. The van der Waals surface area contributed by atoms with E-state index in [0.717, 1.165) is 35.2 Å². The zero-order chi connectivity index (χ0) is 24.8. The predicted octanol–water partition coefficient (Wildman–Crippen LogP) is 4.90. The number of hydrogen-bond donors (Lipinski definition) is 0. The van der Waals surface area contributed by atoms with Crippen molar-refractivity contribution in [2.75, 3.05) is 0 Å². The molecular weight excluding hydrogens is 492 g/mol. The number of esters is 1. The molecule has 0 fully saturated rings. The molecule has 0 bridgehead atoms. The van der Waals surface area contributed by atoms with Crippen molar-refractivity contribution in [3.63, 3.8) is 0 Å². The predicted molar refractivity (Wildman–Crippen MR) is 142 cm³/mol. The molecule has 6 rings (SSSR count). The van der Waals surface area contributed by atoms with Crippen LogP contribution in [0, 0.1) is 0 Å². The molecule has 1 aliphatic heterocycles. The van der Waals surface area contributed by atoms with Gasteiger partial charge in [0.05, 0.1) is 16.3 Å². The minimum absolute atomic E-state index is 0.123. The largest absolute Gasteiger partial charge is 0.426 e. The van der Waals surface area contributed by atoms with Crippen molar-refractivity contribution in [3.05, 3.63) is 125 Å². The van der Waals surface area contributed by atoms with Crippen LogP contribution in [0.3, 0.4) is 0 Å². The lowest BCUT2D eigenvalue weighted by atomic mass is 9.83. The molecule has 0 unspecified atom stereocenters. The number of carbonyl (C=O) groups is 1. The average Bonchev–Trinajstić information content (AvgIpc) is 3.18. The van der Waals surface area contributed by atoms with Crippen LogP contribution >= 0.6 is 22.9 Å². The number of fused-ring (bicyclic) bond motifs is 3. The lowest BCUT2D eigenvalue weighted by molar-refractivity contribution is -0.131. The molecule has 0 saturated heterocycles. The van der Waals surface area contributed by atoms with Crippen molar-refractivity contribution < 1.29 is 9.53 Å². The van der Waals surface area contributed by atoms with Crippen molar-refractivity contribution in [3.8, 4) is 5.75 Å². The first kappa shape index (κ1) is 22.7. The van der Waals surface area contributed by atoms with E-state index in [1.807, 2.05) is 42.5 Å². The van der Waals surface area contributed by atoms with Gasteiger partial charge < -0.3 is 4.74 Å². The Balaban J connectivity index is 1.60. The molecule has 0 spiro atoms. The van der Waals surface area contributed by atoms with Crippen LogP contribution < -0.4 is 19.6 Å². The second-order valence-corrected chi connectivity index (χ2v) is 10.2. The van der Waals surface area contributed by atoms with Gasteiger partial charge in [0.2, 0.25) is 0 Å². The first-order valence-electron chi connectivity index (χ1n) is 11.7. The Labute approximate surface area is 216 Å². The third kappa shape index (κ3) is 3.92. The van der Waals surface area contributed by atoms with Crippen LogP contribution in [0.15, 0.2) is 88.2 Å². The van der Waals surface area contributed by atoms with E-state index in [-0.39, 0.29) is 11.6 Å². The number of aryl methyl sites for hydroxylation is 1. The van der Waals surface area contributed by atoms with Gasteiger partial charge >= 0.3 is 5.97 Å². The maximum absolute atomic E-state index is 13.8. The van der Waals surface area contributed by atoms with Gasteiger partial charge in [0, 0.05) is 23.1 Å². The zero-order valence-electron chi connectivity index (χ0n) is 19.4. The number of allylic oxidation sites excluding steroid dienone is 1. The molecule has 0 amide bonds. The molecule has 5 nitrogen and oxygen atoms in total. The van der Waals surface area contributed by atoms with Crippen LogP contribution in [0.1, 0.15) is 41.6 Å². The maximum Gasteiger partial charge on any atom is 0.308 e. The molecule has 4 aromatic rings. The summed E-state index contributed by atoms with van der Waals surface area (Å²) in [7, 11) is 0. The third-order valence-corrected chi connectivity index (χ3v) is 7.75. The molecule has 2 heterocycles. The van der Waals surface area contributed by atoms with Crippen molar-refractivity contribution in [2.24, 2.45) is 4.99 Å². The molecule has 0 radical (unpaired) electrons. The highest BCUT2D eigenvalue weighted by atomic mass is 35.5. The Hall–Kier alpha value is -3.74. The molecule has 178 valence electrons. The number of nitrogens with zero attached hydrogens (tertiary/aromatic N) is 2. The van der Waals surface area contributed by atoms with Crippen LogP contribution in [0.2, 0.25) is 5.02 Å². The Morgan fingerprint density at radius 2 is 1.81 bits per heavy atom. The fraction of sp³-hybridized carbons (Fsp3) is 0.138. The number of benzene rings is 3. The molecular formula is C29H21ClN2O3S. The summed E-state index contributed by atoms with van der Waals surface area (Å²) < 4.78 is 7.68. The summed E-state index contributed by atoms with van der Waals surface area (Å²) in [5.41, 5.74) is 6.01. The van der Waals surface area contributed by atoms with Crippen LogP contribution in [-0.2, 0) is 11.2 Å². The summed E-state index contributed by atoms with van der Waals surface area (Å²) in [4.78, 5) is 31.1. The van der Waals surface area contributed by atoms with Gasteiger partial charge in [-0.2, -0.15) is 0 Å². The summed E-state index contributed by atoms with van der Waals surface area (Å²) >= 11 is 7.54. The number of para-hydroxylation sites is 1. The molecule has 0 saturated carbocycles. The number of aromatic nitrogens is 1. The molecule has 7 heteroatoms. The number of halogens is 1. The normalized spacial score (nSPS) is 16.6. The molecule has 1 aliphatic carbocycles. The van der Waals surface area contributed by atoms with Crippen LogP contribution in [-0.4, -0.2) is 10.5 Å². The van der Waals surface area contributed by atoms with Crippen molar-refractivity contribution in [1.29, 1.82) is 0 Å². The number of ether oxygens (including phenoxy) is 1. The van der Waals surface area contributed by atoms with Crippen LogP contribution in [0.25, 0.3) is 11.8 Å². The van der Waals surface area contributed by atoms with Crippen LogP contribution in [0.4, 0.5) is 0 Å². The van der Waals surface area contributed by atoms with Gasteiger partial charge in [-0.3, -0.25) is 14.2 Å². The van der Waals surface area contributed by atoms with E-state index in [1.165, 1.54) is 23.8 Å². The minimum Gasteiger partial charge on any atom is -0.426 e. The SMILES string of the molecule is CC(=O)Oc1ccccc1/C=c1/sc2n(c1=O)[C@@H](c1ccc(Cl)cc1)C1=C(N=2)c2ccccc2CC1. The standard InChI is InChI=1S/C29H21ClN2O3S/c1-17(33)35-24-9-5-3-7-20(24)16-25-28(34)32-27(19-10-13-21(30)14-11-19)23-15-12-18-6-2-4-8-22(18)26(23)31-29(32)36-25/h2-11,13-14,16,27H,12,15H2,1H3/b25-16+/t27-/m0/s1. The number of hydrogen-bond acceptors (Lipinski definition) is 5. The van der Waals surface area contributed by atoms with E-state index >= 15 is 0 Å². The molecule has 36 heavy (non-hydrogen) atoms. The van der Waals surface area contributed by atoms with E-state index in [4.69, 9.17) is 21.3 Å². The highest BCUT2D eigenvalue weighted by Crippen LogP contribution is 2.41. The number of rotatable bonds is 3. The van der Waals surface area contributed by atoms with Gasteiger partial charge in [-0.05, 0) is 53.8 Å². The summed E-state index contributed by atoms with van der Waals surface area (Å²) in [6, 6.07) is 22.9. The summed E-state index contributed by atoms with van der Waals surface area (Å²) in [5.74, 6) is 0.00435. The first-order valence-corrected chi connectivity index (χ1v) is 12.8. The summed E-state index contributed by atoms with van der Waals surface area (Å²) in [6.07, 6.45) is 3.49. The molecule has 0 N–H and O–H groups in total. The van der Waals surface area contributed by atoms with Gasteiger partial charge in [0.25, 0.3) is 5.56 Å². The topological polar surface area (TPSA) is 60.7 Å². The Morgan fingerprint density at radius 3 is 2.61 bits per heavy atom. The quantitative estimate of drug-likeness (QED) is 0.290. The fourth-order valence-electron chi connectivity index (χ4n) is 4.96. The Morgan fingerprint density at radius 1 is 1.06 bits per heavy atom. The van der Waals surface area contributed by atoms with E-state index in [0.29, 0.717) is 25.7 Å². The maximum atomic E-state index is 13.8. The molecule has 1 atom stereocenters. The highest BCUT2D eigenvalue weighted by Gasteiger charge is 2.32. The van der Waals surface area contributed by atoms with Gasteiger partial charge in [-0.15, -0.1) is 0 Å². The van der Waals surface area contributed by atoms with E-state index < -0.39 is 5.97 Å². The number of carbonyl (C=O) groups excluding carboxylic acids is 1. The van der Waals surface area contributed by atoms with Gasteiger partial charge in [0.1, 0.15) is 5.75 Å².